The summed E-state index contributed by atoms with van der Waals surface area (Å²) >= 11 is 0. The smallest absolute Gasteiger partial charge is 0.223 e. The fourth-order valence-corrected chi connectivity index (χ4v) is 2.90. The Hall–Kier alpha value is -2.30. The van der Waals surface area contributed by atoms with Crippen molar-refractivity contribution in [2.45, 2.75) is 25.8 Å². The molecule has 1 atom stereocenters. The molecule has 2 aromatic rings. The van der Waals surface area contributed by atoms with Gasteiger partial charge in [-0.2, -0.15) is 0 Å². The number of nitrogens with one attached hydrogen (secondary N) is 1. The lowest BCUT2D eigenvalue weighted by atomic mass is 9.95. The minimum absolute atomic E-state index is 0.0644. The Morgan fingerprint density at radius 3 is 3.27 bits per heavy atom. The van der Waals surface area contributed by atoms with Gasteiger partial charge in [-0.05, 0) is 30.5 Å². The van der Waals surface area contributed by atoms with Gasteiger partial charge in [-0.3, -0.25) is 4.79 Å². The minimum Gasteiger partial charge on any atom is -0.497 e. The normalized spacial score (nSPS) is 16.9. The highest BCUT2D eigenvalue weighted by atomic mass is 16.5. The highest BCUT2D eigenvalue weighted by Crippen LogP contribution is 2.20. The molecular weight excluding hydrogens is 278 g/mol. The molecule has 1 aliphatic heterocycles. The lowest BCUT2D eigenvalue weighted by molar-refractivity contribution is -0.125. The van der Waals surface area contributed by atoms with Crippen molar-refractivity contribution in [3.8, 4) is 5.75 Å². The molecule has 0 spiro atoms. The first kappa shape index (κ1) is 14.6. The zero-order valence-corrected chi connectivity index (χ0v) is 12.8. The van der Waals surface area contributed by atoms with E-state index in [-0.39, 0.29) is 11.8 Å². The summed E-state index contributed by atoms with van der Waals surface area (Å²) in [6, 6.07) is 7.95. The number of rotatable bonds is 5. The highest BCUT2D eigenvalue weighted by Gasteiger charge is 2.24. The van der Waals surface area contributed by atoms with Crippen molar-refractivity contribution in [1.29, 1.82) is 0 Å². The summed E-state index contributed by atoms with van der Waals surface area (Å²) in [6.07, 6.45) is 6.18. The fraction of sp³-hybridized carbons (Fsp3) is 0.412. The SMILES string of the molecule is COc1cccc(CCNC(=O)C2CCn3cncc3C2)c1. The van der Waals surface area contributed by atoms with Crippen LogP contribution in [0.25, 0.3) is 0 Å². The molecule has 0 saturated heterocycles. The number of fused-ring (bicyclic) bond motifs is 1. The van der Waals surface area contributed by atoms with Gasteiger partial charge in [-0.25, -0.2) is 4.98 Å². The van der Waals surface area contributed by atoms with Gasteiger partial charge in [0.2, 0.25) is 5.91 Å². The van der Waals surface area contributed by atoms with Gasteiger partial charge in [-0.1, -0.05) is 12.1 Å². The standard InChI is InChI=1S/C17H21N3O2/c1-22-16-4-2-3-13(9-16)5-7-19-17(21)14-6-8-20-12-18-11-15(20)10-14/h2-4,9,11-12,14H,5-8,10H2,1H3,(H,19,21). The lowest BCUT2D eigenvalue weighted by Crippen LogP contribution is -2.36. The summed E-state index contributed by atoms with van der Waals surface area (Å²) in [7, 11) is 1.66. The molecule has 0 saturated carbocycles. The number of carbonyl (C=O) groups excluding carboxylic acids is 1. The molecule has 0 aliphatic carbocycles. The average molecular weight is 299 g/mol. The molecule has 1 aliphatic rings. The Labute approximate surface area is 130 Å². The Kier molecular flexibility index (Phi) is 4.42. The zero-order valence-electron chi connectivity index (χ0n) is 12.8. The molecule has 1 aromatic carbocycles. The molecule has 1 N–H and O–H groups in total. The minimum atomic E-state index is 0.0644. The topological polar surface area (TPSA) is 56.1 Å². The van der Waals surface area contributed by atoms with Crippen LogP contribution < -0.4 is 10.1 Å². The Bertz CT molecular complexity index is 651. The number of methoxy groups -OCH3 is 1. The van der Waals surface area contributed by atoms with Gasteiger partial charge in [0.1, 0.15) is 5.75 Å². The van der Waals surface area contributed by atoms with Crippen LogP contribution in [0.1, 0.15) is 17.7 Å². The summed E-state index contributed by atoms with van der Waals surface area (Å²) in [6.45, 7) is 1.53. The van der Waals surface area contributed by atoms with Crippen molar-refractivity contribution in [3.63, 3.8) is 0 Å². The first-order valence-electron chi connectivity index (χ1n) is 7.66. The molecule has 1 aromatic heterocycles. The third-order valence-corrected chi connectivity index (χ3v) is 4.19. The molecule has 3 rings (SSSR count). The van der Waals surface area contributed by atoms with Crippen LogP contribution in [0, 0.1) is 5.92 Å². The average Bonchev–Trinajstić information content (AvgIpc) is 3.02. The number of ether oxygens (including phenoxy) is 1. The number of aryl methyl sites for hydroxylation is 1. The first-order valence-corrected chi connectivity index (χ1v) is 7.66. The van der Waals surface area contributed by atoms with E-state index in [4.69, 9.17) is 4.74 Å². The van der Waals surface area contributed by atoms with E-state index in [1.807, 2.05) is 36.8 Å². The van der Waals surface area contributed by atoms with Crippen molar-refractivity contribution in [2.75, 3.05) is 13.7 Å². The van der Waals surface area contributed by atoms with E-state index < -0.39 is 0 Å². The van der Waals surface area contributed by atoms with Gasteiger partial charge in [-0.15, -0.1) is 0 Å². The number of carbonyl (C=O) groups is 1. The molecule has 5 heteroatoms. The molecule has 5 nitrogen and oxygen atoms in total. The number of hydrogen-bond donors (Lipinski definition) is 1. The molecule has 1 unspecified atom stereocenters. The van der Waals surface area contributed by atoms with E-state index in [1.54, 1.807) is 7.11 Å². The van der Waals surface area contributed by atoms with E-state index in [2.05, 4.69) is 14.9 Å². The third-order valence-electron chi connectivity index (χ3n) is 4.19. The van der Waals surface area contributed by atoms with E-state index in [1.165, 1.54) is 5.56 Å². The summed E-state index contributed by atoms with van der Waals surface area (Å²) < 4.78 is 7.33. The maximum Gasteiger partial charge on any atom is 0.223 e. The predicted molar refractivity (Wildman–Crippen MR) is 83.7 cm³/mol. The second-order valence-electron chi connectivity index (χ2n) is 5.66. The molecule has 116 valence electrons. The van der Waals surface area contributed by atoms with Crippen molar-refractivity contribution >= 4 is 5.91 Å². The highest BCUT2D eigenvalue weighted by molar-refractivity contribution is 5.79. The van der Waals surface area contributed by atoms with Gasteiger partial charge in [0.05, 0.1) is 13.4 Å². The van der Waals surface area contributed by atoms with Crippen LogP contribution >= 0.6 is 0 Å². The Morgan fingerprint density at radius 1 is 1.50 bits per heavy atom. The van der Waals surface area contributed by atoms with Crippen LogP contribution in [0.4, 0.5) is 0 Å². The first-order chi connectivity index (χ1) is 10.8. The summed E-state index contributed by atoms with van der Waals surface area (Å²) in [5.74, 6) is 1.06. The molecule has 0 radical (unpaired) electrons. The van der Waals surface area contributed by atoms with E-state index in [0.29, 0.717) is 6.54 Å². The van der Waals surface area contributed by atoms with Gasteiger partial charge >= 0.3 is 0 Å². The number of hydrogen-bond acceptors (Lipinski definition) is 3. The Balaban J connectivity index is 1.48. The van der Waals surface area contributed by atoms with Gasteiger partial charge in [0.25, 0.3) is 0 Å². The number of nitrogens with zero attached hydrogens (tertiary/aromatic N) is 2. The monoisotopic (exact) mass is 299 g/mol. The maximum atomic E-state index is 12.3. The maximum absolute atomic E-state index is 12.3. The van der Waals surface area contributed by atoms with Crippen molar-refractivity contribution in [3.05, 3.63) is 48.0 Å². The quantitative estimate of drug-likeness (QED) is 0.916. The second-order valence-corrected chi connectivity index (χ2v) is 5.66. The zero-order chi connectivity index (χ0) is 15.4. The van der Waals surface area contributed by atoms with Gasteiger partial charge in [0.15, 0.2) is 0 Å². The summed E-state index contributed by atoms with van der Waals surface area (Å²) in [4.78, 5) is 16.4. The van der Waals surface area contributed by atoms with Gasteiger partial charge in [0, 0.05) is 37.3 Å². The van der Waals surface area contributed by atoms with E-state index in [0.717, 1.165) is 37.3 Å². The summed E-state index contributed by atoms with van der Waals surface area (Å²) in [5.41, 5.74) is 2.32. The molecule has 22 heavy (non-hydrogen) atoms. The number of amides is 1. The molecule has 0 fully saturated rings. The van der Waals surface area contributed by atoms with Crippen LogP contribution in [0.15, 0.2) is 36.8 Å². The molecule has 2 heterocycles. The van der Waals surface area contributed by atoms with Crippen LogP contribution in [-0.4, -0.2) is 29.1 Å². The lowest BCUT2D eigenvalue weighted by Gasteiger charge is -2.23. The number of imidazole rings is 1. The number of benzene rings is 1. The van der Waals surface area contributed by atoms with Crippen LogP contribution in [0.2, 0.25) is 0 Å². The van der Waals surface area contributed by atoms with Crippen LogP contribution in [-0.2, 0) is 24.2 Å². The van der Waals surface area contributed by atoms with Crippen LogP contribution in [0.3, 0.4) is 0 Å². The number of aromatic nitrogens is 2. The third kappa shape index (κ3) is 3.30. The fourth-order valence-electron chi connectivity index (χ4n) is 2.90. The van der Waals surface area contributed by atoms with E-state index in [9.17, 15) is 4.79 Å². The van der Waals surface area contributed by atoms with Gasteiger partial charge < -0.3 is 14.6 Å². The van der Waals surface area contributed by atoms with Crippen LogP contribution in [0.5, 0.6) is 5.75 Å². The predicted octanol–water partition coefficient (Wildman–Crippen LogP) is 1.81. The largest absolute Gasteiger partial charge is 0.497 e. The second kappa shape index (κ2) is 6.64. The molecule has 0 bridgehead atoms. The molecule has 1 amide bonds. The molecular formula is C17H21N3O2. The van der Waals surface area contributed by atoms with Crippen molar-refractivity contribution < 1.29 is 9.53 Å². The van der Waals surface area contributed by atoms with Crippen molar-refractivity contribution in [2.24, 2.45) is 5.92 Å². The Morgan fingerprint density at radius 2 is 2.41 bits per heavy atom. The summed E-state index contributed by atoms with van der Waals surface area (Å²) in [5, 5.41) is 3.05. The van der Waals surface area contributed by atoms with Crippen molar-refractivity contribution in [1.82, 2.24) is 14.9 Å². The van der Waals surface area contributed by atoms with E-state index >= 15 is 0 Å².